The zero-order chi connectivity index (χ0) is 19.4. The highest BCUT2D eigenvalue weighted by Crippen LogP contribution is 2.18. The summed E-state index contributed by atoms with van der Waals surface area (Å²) in [4.78, 5) is 27.2. The third-order valence-corrected chi connectivity index (χ3v) is 4.48. The molecule has 5 heteroatoms. The largest absolute Gasteiger partial charge is 0.484 e. The third kappa shape index (κ3) is 4.76. The highest BCUT2D eigenvalue weighted by molar-refractivity contribution is 5.83. The van der Waals surface area contributed by atoms with E-state index in [2.05, 4.69) is 16.4 Å². The summed E-state index contributed by atoms with van der Waals surface area (Å²) in [5, 5.41) is 3.80. The summed E-state index contributed by atoms with van der Waals surface area (Å²) in [7, 11) is 0. The Bertz CT molecular complexity index is 1020. The number of hydrogen-bond donors (Lipinski definition) is 2. The van der Waals surface area contributed by atoms with Gasteiger partial charge in [0.1, 0.15) is 5.75 Å². The Morgan fingerprint density at radius 3 is 2.52 bits per heavy atom. The van der Waals surface area contributed by atoms with Crippen molar-refractivity contribution in [2.24, 2.45) is 0 Å². The van der Waals surface area contributed by atoms with Crippen LogP contribution in [0.5, 0.6) is 5.75 Å². The van der Waals surface area contributed by atoms with Crippen molar-refractivity contribution >= 4 is 16.8 Å². The van der Waals surface area contributed by atoms with Gasteiger partial charge >= 0.3 is 0 Å². The van der Waals surface area contributed by atoms with Crippen molar-refractivity contribution < 1.29 is 9.53 Å². The average Bonchev–Trinajstić information content (AvgIpc) is 2.62. The van der Waals surface area contributed by atoms with Crippen LogP contribution >= 0.6 is 0 Å². The lowest BCUT2D eigenvalue weighted by atomic mass is 10.0. The molecule has 3 rings (SSSR count). The summed E-state index contributed by atoms with van der Waals surface area (Å²) in [5.41, 5.74) is 4.75. The molecule has 0 aliphatic rings. The van der Waals surface area contributed by atoms with Gasteiger partial charge in [-0.05, 0) is 62.4 Å². The van der Waals surface area contributed by atoms with Gasteiger partial charge in [0.2, 0.25) is 0 Å². The molecule has 27 heavy (non-hydrogen) atoms. The Hall–Kier alpha value is -3.08. The first kappa shape index (κ1) is 18.7. The number of H-pyrrole nitrogens is 1. The lowest BCUT2D eigenvalue weighted by Crippen LogP contribution is -2.31. The zero-order valence-electron chi connectivity index (χ0n) is 15.9. The number of ether oxygens (including phenoxy) is 1. The van der Waals surface area contributed by atoms with E-state index in [1.807, 2.05) is 57.2 Å². The number of rotatable bonds is 6. The van der Waals surface area contributed by atoms with Crippen LogP contribution in [0.25, 0.3) is 10.9 Å². The lowest BCUT2D eigenvalue weighted by Gasteiger charge is -2.09. The molecule has 0 unspecified atom stereocenters. The summed E-state index contributed by atoms with van der Waals surface area (Å²) in [6.45, 7) is 6.35. The summed E-state index contributed by atoms with van der Waals surface area (Å²) >= 11 is 0. The van der Waals surface area contributed by atoms with E-state index in [9.17, 15) is 9.59 Å². The molecule has 0 saturated heterocycles. The first-order valence-corrected chi connectivity index (χ1v) is 9.02. The molecule has 3 aromatic rings. The molecule has 0 atom stereocenters. The van der Waals surface area contributed by atoms with E-state index in [0.717, 1.165) is 27.6 Å². The summed E-state index contributed by atoms with van der Waals surface area (Å²) in [6, 6.07) is 13.5. The second-order valence-corrected chi connectivity index (χ2v) is 6.87. The quantitative estimate of drug-likeness (QED) is 0.706. The van der Waals surface area contributed by atoms with Gasteiger partial charge in [-0.1, -0.05) is 29.3 Å². The van der Waals surface area contributed by atoms with Crippen LogP contribution in [0.2, 0.25) is 0 Å². The molecule has 0 bridgehead atoms. The number of aromatic amines is 1. The zero-order valence-corrected chi connectivity index (χ0v) is 15.9. The molecule has 140 valence electrons. The van der Waals surface area contributed by atoms with Gasteiger partial charge in [-0.2, -0.15) is 0 Å². The highest BCUT2D eigenvalue weighted by Gasteiger charge is 2.07. The molecule has 1 amide bonds. The SMILES string of the molecule is Cc1ccc(OCC(=O)NCCc2cc3cc(C)cc(C)c3[nH]c2=O)cc1. The number of benzene rings is 2. The summed E-state index contributed by atoms with van der Waals surface area (Å²) in [5.74, 6) is 0.451. The van der Waals surface area contributed by atoms with E-state index in [1.165, 1.54) is 0 Å². The van der Waals surface area contributed by atoms with E-state index in [1.54, 1.807) is 0 Å². The van der Waals surface area contributed by atoms with Crippen molar-refractivity contribution in [3.63, 3.8) is 0 Å². The number of pyridine rings is 1. The van der Waals surface area contributed by atoms with Crippen LogP contribution in [0.4, 0.5) is 0 Å². The van der Waals surface area contributed by atoms with Crippen LogP contribution in [0.3, 0.4) is 0 Å². The Labute approximate surface area is 158 Å². The van der Waals surface area contributed by atoms with Crippen LogP contribution in [0.1, 0.15) is 22.3 Å². The Balaban J connectivity index is 1.56. The number of hydrogen-bond acceptors (Lipinski definition) is 3. The molecular weight excluding hydrogens is 340 g/mol. The molecule has 1 aromatic heterocycles. The monoisotopic (exact) mass is 364 g/mol. The molecule has 2 N–H and O–H groups in total. The van der Waals surface area contributed by atoms with Gasteiger partial charge < -0.3 is 15.0 Å². The topological polar surface area (TPSA) is 71.2 Å². The minimum Gasteiger partial charge on any atom is -0.484 e. The van der Waals surface area contributed by atoms with Crippen LogP contribution in [-0.2, 0) is 11.2 Å². The van der Waals surface area contributed by atoms with Gasteiger partial charge in [0.15, 0.2) is 6.61 Å². The van der Waals surface area contributed by atoms with Gasteiger partial charge in [0, 0.05) is 12.1 Å². The van der Waals surface area contributed by atoms with Crippen molar-refractivity contribution in [1.82, 2.24) is 10.3 Å². The summed E-state index contributed by atoms with van der Waals surface area (Å²) < 4.78 is 5.45. The normalized spacial score (nSPS) is 10.8. The Morgan fingerprint density at radius 1 is 1.04 bits per heavy atom. The van der Waals surface area contributed by atoms with E-state index >= 15 is 0 Å². The predicted molar refractivity (Wildman–Crippen MR) is 107 cm³/mol. The minimum atomic E-state index is -0.209. The maximum atomic E-state index is 12.3. The first-order valence-electron chi connectivity index (χ1n) is 9.02. The number of amides is 1. The van der Waals surface area contributed by atoms with E-state index in [0.29, 0.717) is 24.3 Å². The highest BCUT2D eigenvalue weighted by atomic mass is 16.5. The van der Waals surface area contributed by atoms with Crippen LogP contribution in [-0.4, -0.2) is 24.0 Å². The predicted octanol–water partition coefficient (Wildman–Crippen LogP) is 3.19. The number of aryl methyl sites for hydroxylation is 3. The molecule has 5 nitrogen and oxygen atoms in total. The lowest BCUT2D eigenvalue weighted by molar-refractivity contribution is -0.123. The Kier molecular flexibility index (Phi) is 5.60. The van der Waals surface area contributed by atoms with Gasteiger partial charge in [-0.3, -0.25) is 9.59 Å². The maximum Gasteiger partial charge on any atom is 0.257 e. The molecule has 0 spiro atoms. The molecule has 0 fully saturated rings. The minimum absolute atomic E-state index is 0.0461. The van der Waals surface area contributed by atoms with Crippen LogP contribution < -0.4 is 15.6 Å². The molecule has 2 aromatic carbocycles. The van der Waals surface area contributed by atoms with E-state index < -0.39 is 0 Å². The van der Waals surface area contributed by atoms with Crippen molar-refractivity contribution in [1.29, 1.82) is 0 Å². The number of fused-ring (bicyclic) bond motifs is 1. The van der Waals surface area contributed by atoms with E-state index in [-0.39, 0.29) is 18.1 Å². The van der Waals surface area contributed by atoms with Crippen LogP contribution in [0.15, 0.2) is 47.3 Å². The van der Waals surface area contributed by atoms with Crippen LogP contribution in [0, 0.1) is 20.8 Å². The van der Waals surface area contributed by atoms with Gasteiger partial charge in [0.25, 0.3) is 11.5 Å². The number of aromatic nitrogens is 1. The molecule has 0 aliphatic carbocycles. The number of carbonyl (C=O) groups excluding carboxylic acids is 1. The fourth-order valence-corrected chi connectivity index (χ4v) is 3.09. The maximum absolute atomic E-state index is 12.3. The van der Waals surface area contributed by atoms with Crippen molar-refractivity contribution in [3.8, 4) is 5.75 Å². The number of nitrogens with one attached hydrogen (secondary N) is 2. The van der Waals surface area contributed by atoms with Crippen molar-refractivity contribution in [2.75, 3.05) is 13.2 Å². The third-order valence-electron chi connectivity index (χ3n) is 4.48. The molecule has 0 aliphatic heterocycles. The molecule has 1 heterocycles. The number of carbonyl (C=O) groups is 1. The molecule has 0 saturated carbocycles. The second-order valence-electron chi connectivity index (χ2n) is 6.87. The van der Waals surface area contributed by atoms with Gasteiger partial charge in [-0.25, -0.2) is 0 Å². The summed E-state index contributed by atoms with van der Waals surface area (Å²) in [6.07, 6.45) is 0.467. The van der Waals surface area contributed by atoms with Crippen molar-refractivity contribution in [2.45, 2.75) is 27.2 Å². The standard InChI is InChI=1S/C22H24N2O3/c1-14-4-6-19(7-5-14)27-13-20(25)23-9-8-17-12-18-11-15(2)10-16(3)21(18)24-22(17)26/h4-7,10-12H,8-9,13H2,1-3H3,(H,23,25)(H,24,26). The average molecular weight is 364 g/mol. The fraction of sp³-hybridized carbons (Fsp3) is 0.273. The molecular formula is C22H24N2O3. The Morgan fingerprint density at radius 2 is 1.78 bits per heavy atom. The molecule has 0 radical (unpaired) electrons. The van der Waals surface area contributed by atoms with E-state index in [4.69, 9.17) is 4.74 Å². The second kappa shape index (κ2) is 8.08. The first-order chi connectivity index (χ1) is 12.9. The van der Waals surface area contributed by atoms with Crippen molar-refractivity contribution in [3.05, 3.63) is 75.1 Å². The van der Waals surface area contributed by atoms with Gasteiger partial charge in [0.05, 0.1) is 5.52 Å². The van der Waals surface area contributed by atoms with Gasteiger partial charge in [-0.15, -0.1) is 0 Å². The smallest absolute Gasteiger partial charge is 0.257 e. The fourth-order valence-electron chi connectivity index (χ4n) is 3.09.